The van der Waals surface area contributed by atoms with Crippen molar-refractivity contribution in [2.24, 2.45) is 0 Å². The van der Waals surface area contributed by atoms with Crippen molar-refractivity contribution < 1.29 is 5.11 Å². The van der Waals surface area contributed by atoms with E-state index in [1.165, 1.54) is 0 Å². The lowest BCUT2D eigenvalue weighted by Crippen LogP contribution is -2.21. The fourth-order valence-electron chi connectivity index (χ4n) is 2.38. The predicted octanol–water partition coefficient (Wildman–Crippen LogP) is 3.37. The number of halogens is 2. The number of nitrogens with zero attached hydrogens (tertiary/aromatic N) is 2. The summed E-state index contributed by atoms with van der Waals surface area (Å²) in [4.78, 5) is 4.12. The Kier molecular flexibility index (Phi) is 6.75. The van der Waals surface area contributed by atoms with Crippen LogP contribution in [0.15, 0.2) is 55.0 Å². The molecule has 3 rings (SSSR count). The van der Waals surface area contributed by atoms with Crippen molar-refractivity contribution in [1.82, 2.24) is 20.5 Å². The Morgan fingerprint density at radius 3 is 2.83 bits per heavy atom. The van der Waals surface area contributed by atoms with Gasteiger partial charge in [0.25, 0.3) is 0 Å². The van der Waals surface area contributed by atoms with Crippen LogP contribution in [0.4, 0.5) is 0 Å². The number of aliphatic hydroxyl groups is 1. The van der Waals surface area contributed by atoms with Crippen molar-refractivity contribution in [3.63, 3.8) is 0 Å². The third-order valence-electron chi connectivity index (χ3n) is 3.55. The van der Waals surface area contributed by atoms with Gasteiger partial charge in [0, 0.05) is 41.6 Å². The topological polar surface area (TPSA) is 73.8 Å². The first-order valence-electron chi connectivity index (χ1n) is 7.31. The minimum absolute atomic E-state index is 0. The van der Waals surface area contributed by atoms with Crippen molar-refractivity contribution in [3.05, 3.63) is 71.1 Å². The molecule has 1 atom stereocenters. The predicted molar refractivity (Wildman–Crippen MR) is 97.2 cm³/mol. The number of pyridine rings is 1. The summed E-state index contributed by atoms with van der Waals surface area (Å²) in [5.41, 5.74) is 3.74. The molecule has 24 heavy (non-hydrogen) atoms. The van der Waals surface area contributed by atoms with Gasteiger partial charge in [0.2, 0.25) is 0 Å². The summed E-state index contributed by atoms with van der Waals surface area (Å²) in [5, 5.41) is 21.2. The summed E-state index contributed by atoms with van der Waals surface area (Å²) >= 11 is 5.94. The lowest BCUT2D eigenvalue weighted by molar-refractivity contribution is 0.174. The average molecular weight is 365 g/mol. The maximum atomic E-state index is 10.2. The number of aromatic amines is 1. The Hall–Kier alpha value is -1.92. The molecule has 3 N–H and O–H groups in total. The molecule has 0 amide bonds. The number of hydrogen-bond acceptors (Lipinski definition) is 4. The molecule has 2 aromatic heterocycles. The molecule has 5 nitrogen and oxygen atoms in total. The number of H-pyrrole nitrogens is 1. The highest BCUT2D eigenvalue weighted by Crippen LogP contribution is 2.20. The fourth-order valence-corrected chi connectivity index (χ4v) is 2.58. The first-order valence-corrected chi connectivity index (χ1v) is 7.68. The summed E-state index contributed by atoms with van der Waals surface area (Å²) in [6, 6.07) is 11.1. The van der Waals surface area contributed by atoms with Gasteiger partial charge in [-0.05, 0) is 29.8 Å². The maximum absolute atomic E-state index is 10.2. The standard InChI is InChI=1S/C17H17ClN4O.ClH/c18-15-5-1-3-12(7-15)16(23)11-20-9-14-10-21-22-17(14)13-4-2-6-19-8-13;/h1-8,10,16,20,23H,9,11H2,(H,21,22);1H. The second kappa shape index (κ2) is 8.80. The highest BCUT2D eigenvalue weighted by atomic mass is 35.5. The molecule has 0 aliphatic heterocycles. The molecular formula is C17H18Cl2N4O. The Balaban J connectivity index is 0.00000208. The Labute approximate surface area is 151 Å². The largest absolute Gasteiger partial charge is 0.387 e. The molecule has 126 valence electrons. The average Bonchev–Trinajstić information content (AvgIpc) is 3.04. The van der Waals surface area contributed by atoms with Crippen molar-refractivity contribution in [2.45, 2.75) is 12.6 Å². The third-order valence-corrected chi connectivity index (χ3v) is 3.79. The zero-order valence-corrected chi connectivity index (χ0v) is 14.4. The van der Waals surface area contributed by atoms with E-state index in [2.05, 4.69) is 20.5 Å². The monoisotopic (exact) mass is 364 g/mol. The minimum Gasteiger partial charge on any atom is -0.387 e. The van der Waals surface area contributed by atoms with E-state index < -0.39 is 6.10 Å². The van der Waals surface area contributed by atoms with Gasteiger partial charge in [0.05, 0.1) is 18.0 Å². The summed E-state index contributed by atoms with van der Waals surface area (Å²) in [6.45, 7) is 1.02. The normalized spacial score (nSPS) is 11.8. The molecule has 2 heterocycles. The van der Waals surface area contributed by atoms with Crippen LogP contribution in [0.5, 0.6) is 0 Å². The SMILES string of the molecule is Cl.OC(CNCc1cn[nH]c1-c1cccnc1)c1cccc(Cl)c1. The van der Waals surface area contributed by atoms with E-state index in [1.807, 2.05) is 24.3 Å². The van der Waals surface area contributed by atoms with Gasteiger partial charge < -0.3 is 10.4 Å². The van der Waals surface area contributed by atoms with E-state index in [9.17, 15) is 5.11 Å². The first-order chi connectivity index (χ1) is 11.2. The molecule has 3 aromatic rings. The van der Waals surface area contributed by atoms with Gasteiger partial charge in [0.1, 0.15) is 0 Å². The molecule has 1 aromatic carbocycles. The van der Waals surface area contributed by atoms with E-state index in [0.29, 0.717) is 18.1 Å². The third kappa shape index (κ3) is 4.55. The lowest BCUT2D eigenvalue weighted by Gasteiger charge is -2.12. The zero-order chi connectivity index (χ0) is 16.1. The van der Waals surface area contributed by atoms with Crippen molar-refractivity contribution in [3.8, 4) is 11.3 Å². The molecule has 7 heteroatoms. The summed E-state index contributed by atoms with van der Waals surface area (Å²) in [6.07, 6.45) is 4.69. The van der Waals surface area contributed by atoms with Crippen LogP contribution in [0, 0.1) is 0 Å². The Morgan fingerprint density at radius 1 is 1.21 bits per heavy atom. The molecule has 0 spiro atoms. The smallest absolute Gasteiger partial charge is 0.0915 e. The van der Waals surface area contributed by atoms with Crippen LogP contribution in [-0.4, -0.2) is 26.8 Å². The molecule has 0 aliphatic carbocycles. The van der Waals surface area contributed by atoms with Crippen LogP contribution in [0.2, 0.25) is 5.02 Å². The van der Waals surface area contributed by atoms with Crippen molar-refractivity contribution in [1.29, 1.82) is 0 Å². The van der Waals surface area contributed by atoms with Crippen LogP contribution < -0.4 is 5.32 Å². The van der Waals surface area contributed by atoms with Crippen LogP contribution >= 0.6 is 24.0 Å². The number of aliphatic hydroxyl groups excluding tert-OH is 1. The quantitative estimate of drug-likeness (QED) is 0.626. The molecule has 0 fully saturated rings. The number of benzene rings is 1. The zero-order valence-electron chi connectivity index (χ0n) is 12.8. The lowest BCUT2D eigenvalue weighted by atomic mass is 10.1. The maximum Gasteiger partial charge on any atom is 0.0915 e. The van der Waals surface area contributed by atoms with E-state index in [4.69, 9.17) is 11.6 Å². The molecule has 0 saturated carbocycles. The van der Waals surface area contributed by atoms with Gasteiger partial charge in [-0.15, -0.1) is 12.4 Å². The fraction of sp³-hybridized carbons (Fsp3) is 0.176. The second-order valence-electron chi connectivity index (χ2n) is 5.21. The molecule has 0 aliphatic rings. The van der Waals surface area contributed by atoms with Crippen molar-refractivity contribution in [2.75, 3.05) is 6.54 Å². The highest BCUT2D eigenvalue weighted by molar-refractivity contribution is 6.30. The van der Waals surface area contributed by atoms with Crippen LogP contribution in [0.25, 0.3) is 11.3 Å². The highest BCUT2D eigenvalue weighted by Gasteiger charge is 2.10. The van der Waals surface area contributed by atoms with Crippen LogP contribution in [0.3, 0.4) is 0 Å². The van der Waals surface area contributed by atoms with Crippen molar-refractivity contribution >= 4 is 24.0 Å². The molecule has 0 radical (unpaired) electrons. The van der Waals surface area contributed by atoms with Gasteiger partial charge in [-0.1, -0.05) is 23.7 Å². The molecule has 1 unspecified atom stereocenters. The summed E-state index contributed by atoms with van der Waals surface area (Å²) in [5.74, 6) is 0. The van der Waals surface area contributed by atoms with Gasteiger partial charge in [-0.2, -0.15) is 5.10 Å². The molecular weight excluding hydrogens is 347 g/mol. The van der Waals surface area contributed by atoms with E-state index >= 15 is 0 Å². The number of hydrogen-bond donors (Lipinski definition) is 3. The Morgan fingerprint density at radius 2 is 2.08 bits per heavy atom. The summed E-state index contributed by atoms with van der Waals surface area (Å²) < 4.78 is 0. The van der Waals surface area contributed by atoms with E-state index in [-0.39, 0.29) is 12.4 Å². The van der Waals surface area contributed by atoms with E-state index in [0.717, 1.165) is 22.4 Å². The number of aromatic nitrogens is 3. The number of rotatable bonds is 6. The van der Waals surface area contributed by atoms with Crippen LogP contribution in [0.1, 0.15) is 17.2 Å². The van der Waals surface area contributed by atoms with Crippen LogP contribution in [-0.2, 0) is 6.54 Å². The van der Waals surface area contributed by atoms with Gasteiger partial charge in [-0.25, -0.2) is 0 Å². The van der Waals surface area contributed by atoms with E-state index in [1.54, 1.807) is 30.7 Å². The second-order valence-corrected chi connectivity index (χ2v) is 5.65. The van der Waals surface area contributed by atoms with Gasteiger partial charge >= 0.3 is 0 Å². The van der Waals surface area contributed by atoms with Gasteiger partial charge in [-0.3, -0.25) is 10.1 Å². The molecule has 0 bridgehead atoms. The number of nitrogens with one attached hydrogen (secondary N) is 2. The Bertz CT molecular complexity index is 764. The summed E-state index contributed by atoms with van der Waals surface area (Å²) in [7, 11) is 0. The first kappa shape index (κ1) is 18.4. The van der Waals surface area contributed by atoms with Gasteiger partial charge in [0.15, 0.2) is 0 Å². The molecule has 0 saturated heterocycles. The minimum atomic E-state index is -0.609.